The zero-order valence-corrected chi connectivity index (χ0v) is 16.5. The number of benzene rings is 1. The lowest BCUT2D eigenvalue weighted by Crippen LogP contribution is -2.63. The van der Waals surface area contributed by atoms with Crippen LogP contribution >= 0.6 is 12.4 Å². The van der Waals surface area contributed by atoms with Crippen molar-refractivity contribution in [3.8, 4) is 6.07 Å². The van der Waals surface area contributed by atoms with Crippen molar-refractivity contribution in [2.24, 2.45) is 0 Å². The van der Waals surface area contributed by atoms with Gasteiger partial charge in [0.25, 0.3) is 5.91 Å². The number of hydrogen-bond donors (Lipinski definition) is 0. The first-order valence-electron chi connectivity index (χ1n) is 9.78. The molecule has 0 aromatic heterocycles. The number of rotatable bonds is 5. The highest BCUT2D eigenvalue weighted by molar-refractivity contribution is 5.89. The minimum atomic E-state index is -0.556. The van der Waals surface area contributed by atoms with E-state index in [1.807, 2.05) is 4.90 Å². The summed E-state index contributed by atoms with van der Waals surface area (Å²) in [7, 11) is 0. The minimum absolute atomic E-state index is 0. The van der Waals surface area contributed by atoms with Gasteiger partial charge in [0.05, 0.1) is 18.1 Å². The van der Waals surface area contributed by atoms with Crippen molar-refractivity contribution in [3.63, 3.8) is 0 Å². The molecule has 4 rings (SSSR count). The van der Waals surface area contributed by atoms with Crippen molar-refractivity contribution >= 4 is 18.3 Å². The molecule has 0 atom stereocenters. The maximum Gasteiger partial charge on any atom is 0.254 e. The number of carbonyl (C=O) groups is 1. The molecule has 1 amide bonds. The molecule has 0 N–H and O–H groups in total. The van der Waals surface area contributed by atoms with Crippen LogP contribution in [0.3, 0.4) is 0 Å². The Balaban J connectivity index is 0.00000210. The van der Waals surface area contributed by atoms with Crippen molar-refractivity contribution in [2.75, 3.05) is 32.7 Å². The maximum absolute atomic E-state index is 12.6. The van der Waals surface area contributed by atoms with E-state index in [-0.39, 0.29) is 23.9 Å². The fraction of sp³-hybridized carbons (Fsp3) is 0.619. The smallest absolute Gasteiger partial charge is 0.254 e. The van der Waals surface area contributed by atoms with E-state index in [0.717, 1.165) is 51.7 Å². The largest absolute Gasteiger partial charge is 0.357 e. The molecular weight excluding hydrogens is 362 g/mol. The van der Waals surface area contributed by atoms with Gasteiger partial charge < -0.3 is 14.5 Å². The molecule has 0 radical (unpaired) electrons. The van der Waals surface area contributed by atoms with Crippen molar-refractivity contribution in [3.05, 3.63) is 35.9 Å². The second kappa shape index (κ2) is 8.18. The van der Waals surface area contributed by atoms with Crippen LogP contribution in [0.2, 0.25) is 0 Å². The molecule has 1 saturated carbocycles. The summed E-state index contributed by atoms with van der Waals surface area (Å²) < 4.78 is 6.45. The van der Waals surface area contributed by atoms with Gasteiger partial charge >= 0.3 is 0 Å². The molecule has 5 nitrogen and oxygen atoms in total. The molecule has 3 aliphatic rings. The Morgan fingerprint density at radius 2 is 1.78 bits per heavy atom. The molecule has 0 unspecified atom stereocenters. The first-order chi connectivity index (χ1) is 12.6. The number of piperidine rings is 1. The van der Waals surface area contributed by atoms with E-state index in [0.29, 0.717) is 19.5 Å². The normalized spacial score (nSPS) is 23.1. The number of nitrogens with zero attached hydrogens (tertiary/aromatic N) is 3. The van der Waals surface area contributed by atoms with E-state index in [1.54, 1.807) is 0 Å². The summed E-state index contributed by atoms with van der Waals surface area (Å²) in [4.78, 5) is 17.1. The van der Waals surface area contributed by atoms with Crippen molar-refractivity contribution < 1.29 is 9.53 Å². The third-order valence-electron chi connectivity index (χ3n) is 6.09. The predicted molar refractivity (Wildman–Crippen MR) is 106 cm³/mol. The minimum Gasteiger partial charge on any atom is -0.357 e. The van der Waals surface area contributed by atoms with E-state index < -0.39 is 5.60 Å². The molecule has 6 heteroatoms. The predicted octanol–water partition coefficient (Wildman–Crippen LogP) is 2.79. The van der Waals surface area contributed by atoms with Crippen LogP contribution in [-0.2, 0) is 16.0 Å². The van der Waals surface area contributed by atoms with Gasteiger partial charge in [-0.3, -0.25) is 4.79 Å². The quantitative estimate of drug-likeness (QED) is 0.777. The Morgan fingerprint density at radius 3 is 2.41 bits per heavy atom. The molecule has 1 aliphatic carbocycles. The van der Waals surface area contributed by atoms with Gasteiger partial charge in [0.2, 0.25) is 0 Å². The van der Waals surface area contributed by atoms with E-state index in [1.165, 1.54) is 5.56 Å². The monoisotopic (exact) mass is 389 g/mol. The van der Waals surface area contributed by atoms with Gasteiger partial charge in [-0.25, -0.2) is 0 Å². The van der Waals surface area contributed by atoms with Crippen LogP contribution < -0.4 is 0 Å². The first-order valence-corrected chi connectivity index (χ1v) is 9.78. The van der Waals surface area contributed by atoms with Crippen LogP contribution in [0.25, 0.3) is 0 Å². The molecule has 1 aromatic carbocycles. The lowest BCUT2D eigenvalue weighted by atomic mass is 9.87. The summed E-state index contributed by atoms with van der Waals surface area (Å²) in [6.45, 7) is 4.30. The van der Waals surface area contributed by atoms with Gasteiger partial charge in [0, 0.05) is 32.7 Å². The van der Waals surface area contributed by atoms with E-state index in [9.17, 15) is 4.79 Å². The van der Waals surface area contributed by atoms with Crippen LogP contribution in [0, 0.1) is 11.3 Å². The molecule has 0 bridgehead atoms. The van der Waals surface area contributed by atoms with Gasteiger partial charge in [-0.2, -0.15) is 5.26 Å². The number of morpholine rings is 1. The number of amides is 1. The van der Waals surface area contributed by atoms with Crippen LogP contribution in [0.4, 0.5) is 0 Å². The van der Waals surface area contributed by atoms with Crippen LogP contribution in [0.5, 0.6) is 0 Å². The van der Waals surface area contributed by atoms with Gasteiger partial charge in [-0.15, -0.1) is 12.4 Å². The lowest BCUT2D eigenvalue weighted by molar-refractivity contribution is -0.200. The third kappa shape index (κ3) is 4.29. The van der Waals surface area contributed by atoms with Gasteiger partial charge in [-0.05, 0) is 37.7 Å². The molecule has 146 valence electrons. The molecular formula is C21H28ClN3O2. The molecule has 27 heavy (non-hydrogen) atoms. The Hall–Kier alpha value is -1.61. The second-order valence-electron chi connectivity index (χ2n) is 7.99. The molecule has 2 aliphatic heterocycles. The molecule has 2 heterocycles. The average molecular weight is 390 g/mol. The summed E-state index contributed by atoms with van der Waals surface area (Å²) in [5.41, 5.74) is 0.621. The van der Waals surface area contributed by atoms with Gasteiger partial charge in [0.1, 0.15) is 5.60 Å². The Labute approximate surface area is 167 Å². The second-order valence-corrected chi connectivity index (χ2v) is 7.99. The number of hydrogen-bond acceptors (Lipinski definition) is 4. The zero-order chi connectivity index (χ0) is 18.0. The van der Waals surface area contributed by atoms with Crippen molar-refractivity contribution in [2.45, 2.75) is 49.7 Å². The standard InChI is InChI=1S/C21H27N3O2.ClH/c22-12-4-13-24-17-20(26-21(8-9-21)19(24)25)10-15-23(16-11-20)14-7-18-5-2-1-3-6-18;/h1-3,5-6H,4,7-11,13-17H2;1H. The summed E-state index contributed by atoms with van der Waals surface area (Å²) >= 11 is 0. The topological polar surface area (TPSA) is 56.6 Å². The lowest BCUT2D eigenvalue weighted by Gasteiger charge is -2.50. The fourth-order valence-electron chi connectivity index (χ4n) is 4.37. The highest BCUT2D eigenvalue weighted by Gasteiger charge is 2.61. The van der Waals surface area contributed by atoms with Gasteiger partial charge in [0.15, 0.2) is 0 Å². The number of halogens is 1. The van der Waals surface area contributed by atoms with E-state index in [2.05, 4.69) is 41.3 Å². The summed E-state index contributed by atoms with van der Waals surface area (Å²) in [6.07, 6.45) is 5.11. The zero-order valence-electron chi connectivity index (χ0n) is 15.7. The van der Waals surface area contributed by atoms with E-state index >= 15 is 0 Å². The molecule has 2 spiro atoms. The number of likely N-dealkylation sites (tertiary alicyclic amines) is 1. The van der Waals surface area contributed by atoms with Crippen LogP contribution in [-0.4, -0.2) is 59.6 Å². The number of ether oxygens (including phenoxy) is 1. The average Bonchev–Trinajstić information content (AvgIpc) is 3.44. The first kappa shape index (κ1) is 20.1. The van der Waals surface area contributed by atoms with Crippen molar-refractivity contribution in [1.82, 2.24) is 9.80 Å². The Kier molecular flexibility index (Phi) is 6.10. The van der Waals surface area contributed by atoms with Crippen LogP contribution in [0.15, 0.2) is 30.3 Å². The molecule has 3 fully saturated rings. The fourth-order valence-corrected chi connectivity index (χ4v) is 4.37. The number of nitriles is 1. The molecule has 1 aromatic rings. The number of carbonyl (C=O) groups excluding carboxylic acids is 1. The highest BCUT2D eigenvalue weighted by atomic mass is 35.5. The third-order valence-corrected chi connectivity index (χ3v) is 6.09. The summed E-state index contributed by atoms with van der Waals surface area (Å²) in [6, 6.07) is 12.8. The molecule has 2 saturated heterocycles. The SMILES string of the molecule is Cl.N#CCCN1CC2(CCN(CCc3ccccc3)CC2)OC2(CC2)C1=O. The Bertz CT molecular complexity index is 691. The maximum atomic E-state index is 12.6. The summed E-state index contributed by atoms with van der Waals surface area (Å²) in [5, 5.41) is 8.89. The van der Waals surface area contributed by atoms with Crippen LogP contribution in [0.1, 0.15) is 37.7 Å². The highest BCUT2D eigenvalue weighted by Crippen LogP contribution is 2.49. The van der Waals surface area contributed by atoms with Gasteiger partial charge in [-0.1, -0.05) is 30.3 Å². The van der Waals surface area contributed by atoms with E-state index in [4.69, 9.17) is 10.00 Å². The Morgan fingerprint density at radius 1 is 1.07 bits per heavy atom. The summed E-state index contributed by atoms with van der Waals surface area (Å²) in [5.74, 6) is 0.116. The van der Waals surface area contributed by atoms with Crippen molar-refractivity contribution in [1.29, 1.82) is 5.26 Å².